The molecule has 1 amide bonds. The van der Waals surface area contributed by atoms with Crippen LogP contribution in [0.3, 0.4) is 0 Å². The molecule has 0 bridgehead atoms. The van der Waals surface area contributed by atoms with Gasteiger partial charge >= 0.3 is 0 Å². The Morgan fingerprint density at radius 1 is 1.25 bits per heavy atom. The lowest BCUT2D eigenvalue weighted by Gasteiger charge is -2.38. The number of hydrogen-bond donors (Lipinski definition) is 1. The predicted molar refractivity (Wildman–Crippen MR) is 83.9 cm³/mol. The maximum Gasteiger partial charge on any atom is 0.238 e. The van der Waals surface area contributed by atoms with Crippen molar-refractivity contribution in [3.05, 3.63) is 29.8 Å². The van der Waals surface area contributed by atoms with Crippen molar-refractivity contribution < 1.29 is 4.79 Å². The van der Waals surface area contributed by atoms with E-state index in [0.29, 0.717) is 18.6 Å². The number of benzene rings is 1. The first-order valence-corrected chi connectivity index (χ1v) is 7.75. The minimum Gasteiger partial charge on any atom is -0.325 e. The van der Waals surface area contributed by atoms with E-state index in [1.165, 1.54) is 24.8 Å². The van der Waals surface area contributed by atoms with Crippen LogP contribution in [0.15, 0.2) is 24.3 Å². The summed E-state index contributed by atoms with van der Waals surface area (Å²) >= 11 is 0. The zero-order chi connectivity index (χ0) is 14.5. The van der Waals surface area contributed by atoms with Crippen LogP contribution >= 0.6 is 0 Å². The molecule has 1 aromatic carbocycles. The minimum atomic E-state index is 0.103. The van der Waals surface area contributed by atoms with Gasteiger partial charge in [-0.3, -0.25) is 9.69 Å². The van der Waals surface area contributed by atoms with E-state index in [0.717, 1.165) is 12.1 Å². The number of anilines is 1. The van der Waals surface area contributed by atoms with Gasteiger partial charge in [0.05, 0.1) is 6.54 Å². The molecular weight excluding hydrogens is 248 g/mol. The van der Waals surface area contributed by atoms with Gasteiger partial charge in [0.2, 0.25) is 5.91 Å². The molecule has 0 aliphatic carbocycles. The Balaban J connectivity index is 1.98. The lowest BCUT2D eigenvalue weighted by molar-refractivity contribution is -0.118. The van der Waals surface area contributed by atoms with Gasteiger partial charge in [-0.2, -0.15) is 0 Å². The fourth-order valence-corrected chi connectivity index (χ4v) is 3.09. The van der Waals surface area contributed by atoms with E-state index in [1.807, 2.05) is 18.2 Å². The quantitative estimate of drug-likeness (QED) is 0.912. The van der Waals surface area contributed by atoms with Crippen molar-refractivity contribution in [3.63, 3.8) is 0 Å². The second-order valence-corrected chi connectivity index (χ2v) is 5.86. The Morgan fingerprint density at radius 2 is 1.90 bits per heavy atom. The number of carbonyl (C=O) groups is 1. The van der Waals surface area contributed by atoms with Crippen LogP contribution in [0, 0.1) is 0 Å². The van der Waals surface area contributed by atoms with Gasteiger partial charge in [-0.15, -0.1) is 0 Å². The Labute approximate surface area is 122 Å². The number of nitrogens with one attached hydrogen (secondary N) is 1. The minimum absolute atomic E-state index is 0.103. The molecule has 1 saturated heterocycles. The van der Waals surface area contributed by atoms with Crippen LogP contribution in [0.25, 0.3) is 0 Å². The highest BCUT2D eigenvalue weighted by atomic mass is 16.2. The zero-order valence-corrected chi connectivity index (χ0v) is 12.9. The lowest BCUT2D eigenvalue weighted by atomic mass is 9.97. The van der Waals surface area contributed by atoms with Crippen LogP contribution in [-0.4, -0.2) is 29.4 Å². The van der Waals surface area contributed by atoms with Crippen LogP contribution in [-0.2, 0) is 11.2 Å². The Morgan fingerprint density at radius 3 is 2.55 bits per heavy atom. The summed E-state index contributed by atoms with van der Waals surface area (Å²) in [5, 5.41) is 3.07. The van der Waals surface area contributed by atoms with Gasteiger partial charge in [-0.25, -0.2) is 0 Å². The summed E-state index contributed by atoms with van der Waals surface area (Å²) in [5.41, 5.74) is 2.15. The highest BCUT2D eigenvalue weighted by Gasteiger charge is 2.26. The SMILES string of the molecule is CCc1ccccc1NC(=O)CN1C(C)CCCC1C. The monoisotopic (exact) mass is 274 g/mol. The number of para-hydroxylation sites is 1. The van der Waals surface area contributed by atoms with E-state index in [-0.39, 0.29) is 5.91 Å². The third-order valence-corrected chi connectivity index (χ3v) is 4.37. The average Bonchev–Trinajstić information content (AvgIpc) is 2.44. The van der Waals surface area contributed by atoms with Crippen LogP contribution in [0.1, 0.15) is 45.6 Å². The molecule has 3 nitrogen and oxygen atoms in total. The van der Waals surface area contributed by atoms with Gasteiger partial charge in [0, 0.05) is 17.8 Å². The van der Waals surface area contributed by atoms with Gasteiger partial charge in [-0.05, 0) is 44.7 Å². The molecule has 20 heavy (non-hydrogen) atoms. The molecule has 1 N–H and O–H groups in total. The molecule has 1 fully saturated rings. The fourth-order valence-electron chi connectivity index (χ4n) is 3.09. The van der Waals surface area contributed by atoms with Gasteiger partial charge in [0.15, 0.2) is 0 Å². The molecule has 2 atom stereocenters. The van der Waals surface area contributed by atoms with E-state index in [1.54, 1.807) is 0 Å². The van der Waals surface area contributed by atoms with E-state index in [2.05, 4.69) is 37.1 Å². The second kappa shape index (κ2) is 6.89. The number of rotatable bonds is 4. The van der Waals surface area contributed by atoms with Gasteiger partial charge in [-0.1, -0.05) is 31.5 Å². The number of nitrogens with zero attached hydrogens (tertiary/aromatic N) is 1. The molecule has 1 aliphatic heterocycles. The van der Waals surface area contributed by atoms with Crippen molar-refractivity contribution in [1.29, 1.82) is 0 Å². The summed E-state index contributed by atoms with van der Waals surface area (Å²) in [6.07, 6.45) is 4.61. The van der Waals surface area contributed by atoms with Crippen molar-refractivity contribution >= 4 is 11.6 Å². The van der Waals surface area contributed by atoms with Crippen LogP contribution < -0.4 is 5.32 Å². The number of carbonyl (C=O) groups excluding carboxylic acids is 1. The summed E-state index contributed by atoms with van der Waals surface area (Å²) in [4.78, 5) is 14.6. The molecule has 0 aromatic heterocycles. The first-order valence-electron chi connectivity index (χ1n) is 7.75. The normalized spacial score (nSPS) is 23.6. The smallest absolute Gasteiger partial charge is 0.238 e. The highest BCUT2D eigenvalue weighted by molar-refractivity contribution is 5.93. The second-order valence-electron chi connectivity index (χ2n) is 5.86. The van der Waals surface area contributed by atoms with Gasteiger partial charge in [0.25, 0.3) is 0 Å². The van der Waals surface area contributed by atoms with Crippen molar-refractivity contribution in [2.45, 2.75) is 58.5 Å². The summed E-state index contributed by atoms with van der Waals surface area (Å²) in [6.45, 7) is 7.06. The Hall–Kier alpha value is -1.35. The molecule has 110 valence electrons. The van der Waals surface area contributed by atoms with E-state index >= 15 is 0 Å². The molecule has 2 rings (SSSR count). The molecule has 2 unspecified atom stereocenters. The molecule has 0 spiro atoms. The Kier molecular flexibility index (Phi) is 5.18. The highest BCUT2D eigenvalue weighted by Crippen LogP contribution is 2.22. The summed E-state index contributed by atoms with van der Waals surface area (Å²) in [7, 11) is 0. The maximum absolute atomic E-state index is 12.3. The Bertz CT molecular complexity index is 448. The van der Waals surface area contributed by atoms with Crippen molar-refractivity contribution in [2.75, 3.05) is 11.9 Å². The van der Waals surface area contributed by atoms with Gasteiger partial charge < -0.3 is 5.32 Å². The number of piperidine rings is 1. The largest absolute Gasteiger partial charge is 0.325 e. The summed E-state index contributed by atoms with van der Waals surface area (Å²) < 4.78 is 0. The number of aryl methyl sites for hydroxylation is 1. The van der Waals surface area contributed by atoms with E-state index in [9.17, 15) is 4.79 Å². The van der Waals surface area contributed by atoms with Crippen molar-refractivity contribution in [3.8, 4) is 0 Å². The summed E-state index contributed by atoms with van der Waals surface area (Å²) in [6, 6.07) is 9.06. The van der Waals surface area contributed by atoms with Crippen molar-refractivity contribution in [2.24, 2.45) is 0 Å². The molecule has 0 saturated carbocycles. The zero-order valence-electron chi connectivity index (χ0n) is 12.9. The van der Waals surface area contributed by atoms with E-state index < -0.39 is 0 Å². The molecule has 3 heteroatoms. The average molecular weight is 274 g/mol. The number of amides is 1. The molecule has 1 aliphatic rings. The number of likely N-dealkylation sites (tertiary alicyclic amines) is 1. The fraction of sp³-hybridized carbons (Fsp3) is 0.588. The molecule has 1 aromatic rings. The van der Waals surface area contributed by atoms with Crippen LogP contribution in [0.5, 0.6) is 0 Å². The van der Waals surface area contributed by atoms with Crippen molar-refractivity contribution in [1.82, 2.24) is 4.90 Å². The standard InChI is InChI=1S/C17H26N2O/c1-4-15-10-5-6-11-16(15)18-17(20)12-19-13(2)8-7-9-14(19)3/h5-6,10-11,13-14H,4,7-9,12H2,1-3H3,(H,18,20). The molecule has 0 radical (unpaired) electrons. The molecule has 1 heterocycles. The lowest BCUT2D eigenvalue weighted by Crippen LogP contribution is -2.47. The predicted octanol–water partition coefficient (Wildman–Crippen LogP) is 3.45. The number of hydrogen-bond acceptors (Lipinski definition) is 2. The van der Waals surface area contributed by atoms with E-state index in [4.69, 9.17) is 0 Å². The van der Waals surface area contributed by atoms with Gasteiger partial charge in [0.1, 0.15) is 0 Å². The first kappa shape index (κ1) is 15.0. The molecular formula is C17H26N2O. The summed E-state index contributed by atoms with van der Waals surface area (Å²) in [5.74, 6) is 0.103. The third-order valence-electron chi connectivity index (χ3n) is 4.37. The van der Waals surface area contributed by atoms with Crippen LogP contribution in [0.4, 0.5) is 5.69 Å². The third kappa shape index (κ3) is 3.60. The first-order chi connectivity index (χ1) is 9.61. The van der Waals surface area contributed by atoms with Crippen LogP contribution in [0.2, 0.25) is 0 Å². The maximum atomic E-state index is 12.3. The topological polar surface area (TPSA) is 32.3 Å².